The fourth-order valence-corrected chi connectivity index (χ4v) is 1.01. The van der Waals surface area contributed by atoms with Crippen LogP contribution in [0.4, 0.5) is 0 Å². The van der Waals surface area contributed by atoms with Crippen LogP contribution in [-0.2, 0) is 0 Å². The zero-order valence-corrected chi connectivity index (χ0v) is 7.38. The second-order valence-corrected chi connectivity index (χ2v) is 3.04. The van der Waals surface area contributed by atoms with Crippen LogP contribution in [0.25, 0.3) is 0 Å². The van der Waals surface area contributed by atoms with Crippen molar-refractivity contribution in [3.05, 3.63) is 34.3 Å². The van der Waals surface area contributed by atoms with Gasteiger partial charge in [0.25, 0.3) is 0 Å². The number of benzene rings is 1. The molecule has 0 unspecified atom stereocenters. The summed E-state index contributed by atoms with van der Waals surface area (Å²) in [6, 6.07) is 7.26. The first-order valence-corrected chi connectivity index (χ1v) is 3.93. The van der Waals surface area contributed by atoms with Crippen LogP contribution in [0, 0.1) is 12.3 Å². The Kier molecular flexibility index (Phi) is 2.70. The molecule has 0 aliphatic rings. The summed E-state index contributed by atoms with van der Waals surface area (Å²) in [6.07, 6.45) is 4.24. The van der Waals surface area contributed by atoms with E-state index in [1.165, 1.54) is 0 Å². The molecule has 1 atom stereocenters. The van der Waals surface area contributed by atoms with Crippen LogP contribution >= 0.6 is 15.9 Å². The molecule has 0 radical (unpaired) electrons. The number of terminal acetylenes is 1. The lowest BCUT2D eigenvalue weighted by Crippen LogP contribution is -1.91. The minimum Gasteiger partial charge on any atom is -0.376 e. The summed E-state index contributed by atoms with van der Waals surface area (Å²) >= 11 is 3.28. The lowest BCUT2D eigenvalue weighted by Gasteiger charge is -2.01. The molecule has 0 aliphatic heterocycles. The van der Waals surface area contributed by atoms with Crippen LogP contribution in [-0.4, -0.2) is 5.11 Å². The van der Waals surface area contributed by atoms with E-state index in [2.05, 4.69) is 21.9 Å². The van der Waals surface area contributed by atoms with E-state index in [1.807, 2.05) is 12.1 Å². The minimum atomic E-state index is -0.789. The highest BCUT2D eigenvalue weighted by Crippen LogP contribution is 2.15. The van der Waals surface area contributed by atoms with E-state index >= 15 is 0 Å². The minimum absolute atomic E-state index is 0.746. The summed E-state index contributed by atoms with van der Waals surface area (Å²) in [5, 5.41) is 9.17. The first-order valence-electron chi connectivity index (χ1n) is 3.13. The predicted molar refractivity (Wildman–Crippen MR) is 47.9 cm³/mol. The molecule has 0 aliphatic carbocycles. The van der Waals surface area contributed by atoms with Gasteiger partial charge in [-0.05, 0) is 17.7 Å². The van der Waals surface area contributed by atoms with Crippen LogP contribution in [0.2, 0.25) is 0 Å². The molecule has 56 valence electrons. The Morgan fingerprint density at radius 2 is 1.91 bits per heavy atom. The van der Waals surface area contributed by atoms with Gasteiger partial charge in [-0.3, -0.25) is 0 Å². The van der Waals surface area contributed by atoms with Crippen molar-refractivity contribution in [2.75, 3.05) is 0 Å². The van der Waals surface area contributed by atoms with E-state index in [4.69, 9.17) is 11.5 Å². The van der Waals surface area contributed by atoms with E-state index in [-0.39, 0.29) is 0 Å². The van der Waals surface area contributed by atoms with Gasteiger partial charge in [-0.2, -0.15) is 0 Å². The Morgan fingerprint density at radius 1 is 1.36 bits per heavy atom. The molecule has 1 N–H and O–H groups in total. The van der Waals surface area contributed by atoms with Gasteiger partial charge in [0, 0.05) is 4.47 Å². The molecule has 1 aromatic rings. The van der Waals surface area contributed by atoms with Crippen molar-refractivity contribution < 1.29 is 5.11 Å². The SMILES string of the molecule is C#C[C@H](O)c1ccc(Br)cc1. The third-order valence-electron chi connectivity index (χ3n) is 1.34. The van der Waals surface area contributed by atoms with Crippen LogP contribution < -0.4 is 0 Å². The molecule has 0 aromatic heterocycles. The maximum absolute atomic E-state index is 9.17. The summed E-state index contributed by atoms with van der Waals surface area (Å²) < 4.78 is 0.977. The summed E-state index contributed by atoms with van der Waals surface area (Å²) in [5.41, 5.74) is 0.746. The van der Waals surface area contributed by atoms with E-state index in [0.717, 1.165) is 10.0 Å². The Balaban J connectivity index is 2.92. The van der Waals surface area contributed by atoms with E-state index in [0.29, 0.717) is 0 Å². The third kappa shape index (κ3) is 2.07. The van der Waals surface area contributed by atoms with Crippen LogP contribution in [0.15, 0.2) is 28.7 Å². The molecule has 0 fully saturated rings. The quantitative estimate of drug-likeness (QED) is 0.705. The molecule has 0 heterocycles. The molecule has 1 nitrogen and oxygen atoms in total. The molecule has 0 amide bonds. The van der Waals surface area contributed by atoms with Gasteiger partial charge < -0.3 is 5.11 Å². The lowest BCUT2D eigenvalue weighted by atomic mass is 10.1. The van der Waals surface area contributed by atoms with E-state index in [9.17, 15) is 0 Å². The fourth-order valence-electron chi connectivity index (χ4n) is 0.741. The highest BCUT2D eigenvalue weighted by atomic mass is 79.9. The first kappa shape index (κ1) is 8.32. The van der Waals surface area contributed by atoms with Crippen LogP contribution in [0.1, 0.15) is 11.7 Å². The highest BCUT2D eigenvalue weighted by Gasteiger charge is 2.00. The van der Waals surface area contributed by atoms with Crippen molar-refractivity contribution in [3.8, 4) is 12.3 Å². The van der Waals surface area contributed by atoms with E-state index < -0.39 is 6.10 Å². The van der Waals surface area contributed by atoms with Crippen molar-refractivity contribution in [1.82, 2.24) is 0 Å². The maximum Gasteiger partial charge on any atom is 0.139 e. The fraction of sp³-hybridized carbons (Fsp3) is 0.111. The van der Waals surface area contributed by atoms with Crippen molar-refractivity contribution in [3.63, 3.8) is 0 Å². The van der Waals surface area contributed by atoms with Gasteiger partial charge in [0.1, 0.15) is 6.10 Å². The van der Waals surface area contributed by atoms with Crippen LogP contribution in [0.3, 0.4) is 0 Å². The Hall–Kier alpha value is -0.780. The monoisotopic (exact) mass is 210 g/mol. The molecule has 2 heteroatoms. The number of hydrogen-bond donors (Lipinski definition) is 1. The van der Waals surface area contributed by atoms with Crippen molar-refractivity contribution in [2.45, 2.75) is 6.10 Å². The zero-order chi connectivity index (χ0) is 8.27. The van der Waals surface area contributed by atoms with E-state index in [1.54, 1.807) is 12.1 Å². The average molecular weight is 211 g/mol. The van der Waals surface area contributed by atoms with Crippen molar-refractivity contribution in [1.29, 1.82) is 0 Å². The number of hydrogen-bond acceptors (Lipinski definition) is 1. The molecular weight excluding hydrogens is 204 g/mol. The first-order chi connectivity index (χ1) is 5.24. The van der Waals surface area contributed by atoms with Gasteiger partial charge in [0.05, 0.1) is 0 Å². The zero-order valence-electron chi connectivity index (χ0n) is 5.79. The third-order valence-corrected chi connectivity index (χ3v) is 1.87. The molecule has 1 rings (SSSR count). The summed E-state index contributed by atoms with van der Waals surface area (Å²) in [7, 11) is 0. The molecular formula is C9H7BrO. The molecule has 0 saturated heterocycles. The lowest BCUT2D eigenvalue weighted by molar-refractivity contribution is 0.238. The van der Waals surface area contributed by atoms with Gasteiger partial charge in [-0.1, -0.05) is 34.0 Å². The van der Waals surface area contributed by atoms with Gasteiger partial charge in [-0.15, -0.1) is 6.42 Å². The standard InChI is InChI=1S/C9H7BrO/c1-2-9(11)7-3-5-8(10)6-4-7/h1,3-6,9,11H/t9-/m0/s1. The second kappa shape index (κ2) is 3.56. The molecule has 11 heavy (non-hydrogen) atoms. The molecule has 0 saturated carbocycles. The summed E-state index contributed by atoms with van der Waals surface area (Å²) in [5.74, 6) is 2.24. The number of aliphatic hydroxyl groups excluding tert-OH is 1. The average Bonchev–Trinajstić information content (AvgIpc) is 2.05. The molecule has 0 bridgehead atoms. The van der Waals surface area contributed by atoms with Crippen molar-refractivity contribution >= 4 is 15.9 Å². The maximum atomic E-state index is 9.17. The smallest absolute Gasteiger partial charge is 0.139 e. The second-order valence-electron chi connectivity index (χ2n) is 2.12. The highest BCUT2D eigenvalue weighted by molar-refractivity contribution is 9.10. The predicted octanol–water partition coefficient (Wildman–Crippen LogP) is 2.12. The Morgan fingerprint density at radius 3 is 2.36 bits per heavy atom. The Labute approximate surface area is 74.2 Å². The topological polar surface area (TPSA) is 20.2 Å². The van der Waals surface area contributed by atoms with Gasteiger partial charge in [0.2, 0.25) is 0 Å². The van der Waals surface area contributed by atoms with Crippen molar-refractivity contribution in [2.24, 2.45) is 0 Å². The van der Waals surface area contributed by atoms with Gasteiger partial charge >= 0.3 is 0 Å². The van der Waals surface area contributed by atoms with Gasteiger partial charge in [0.15, 0.2) is 0 Å². The molecule has 0 spiro atoms. The Bertz CT molecular complexity index is 271. The normalized spacial score (nSPS) is 12.1. The summed E-state index contributed by atoms with van der Waals surface area (Å²) in [6.45, 7) is 0. The number of rotatable bonds is 1. The summed E-state index contributed by atoms with van der Waals surface area (Å²) in [4.78, 5) is 0. The van der Waals surface area contributed by atoms with Gasteiger partial charge in [-0.25, -0.2) is 0 Å². The number of halogens is 1. The number of aliphatic hydroxyl groups is 1. The van der Waals surface area contributed by atoms with Crippen LogP contribution in [0.5, 0.6) is 0 Å². The largest absolute Gasteiger partial charge is 0.376 e. The molecule has 1 aromatic carbocycles.